The van der Waals surface area contributed by atoms with E-state index in [-0.39, 0.29) is 24.0 Å². The molecule has 0 aliphatic rings. The Hall–Kier alpha value is -1.37. The van der Waals surface area contributed by atoms with Crippen molar-refractivity contribution in [3.05, 3.63) is 46.8 Å². The Morgan fingerprint density at radius 1 is 1.14 bits per heavy atom. The van der Waals surface area contributed by atoms with Gasteiger partial charge in [-0.1, -0.05) is 12.1 Å². The van der Waals surface area contributed by atoms with Gasteiger partial charge in [0.15, 0.2) is 5.96 Å². The first-order chi connectivity index (χ1) is 13.4. The molecular formula is C19H29IN4O3S2. The number of guanidine groups is 1. The Kier molecular flexibility index (Phi) is 10.9. The summed E-state index contributed by atoms with van der Waals surface area (Å²) in [7, 11) is 1.32. The summed E-state index contributed by atoms with van der Waals surface area (Å²) in [6.45, 7) is 3.92. The van der Waals surface area contributed by atoms with E-state index in [0.29, 0.717) is 16.7 Å². The highest BCUT2D eigenvalue weighted by Gasteiger charge is 2.19. The zero-order valence-corrected chi connectivity index (χ0v) is 21.1. The third-order valence-electron chi connectivity index (χ3n) is 3.97. The van der Waals surface area contributed by atoms with Gasteiger partial charge in [-0.2, -0.15) is 0 Å². The van der Waals surface area contributed by atoms with E-state index in [4.69, 9.17) is 4.74 Å². The minimum Gasteiger partial charge on any atom is -0.497 e. The number of aliphatic imine (C=N–C) groups is 1. The van der Waals surface area contributed by atoms with Crippen LogP contribution >= 0.6 is 35.3 Å². The van der Waals surface area contributed by atoms with E-state index in [1.54, 1.807) is 13.2 Å². The monoisotopic (exact) mass is 552 g/mol. The Bertz CT molecular complexity index is 881. The topological polar surface area (TPSA) is 83.0 Å². The molecule has 7 nitrogen and oxygen atoms in total. The molecule has 0 saturated carbocycles. The number of hydrogen-bond acceptors (Lipinski definition) is 5. The second kappa shape index (κ2) is 12.4. The summed E-state index contributed by atoms with van der Waals surface area (Å²) >= 11 is 1.25. The standard InChI is InChI=1S/C19H28N4O3S2.HI/c1-5-20-19(21-13-12-15-6-8-16(26-4)9-7-15)22-14-17-10-11-18(27-17)28(24,25)23(2)3;/h6-11H,5,12-14H2,1-4H3,(H2,20,21,22);1H. The number of sulfonamides is 1. The number of nitrogens with one attached hydrogen (secondary N) is 2. The van der Waals surface area contributed by atoms with Crippen molar-refractivity contribution >= 4 is 51.3 Å². The van der Waals surface area contributed by atoms with Crippen LogP contribution in [0, 0.1) is 0 Å². The zero-order chi connectivity index (χ0) is 20.6. The Balaban J connectivity index is 0.00000420. The van der Waals surface area contributed by atoms with Gasteiger partial charge in [0.1, 0.15) is 9.96 Å². The predicted octanol–water partition coefficient (Wildman–Crippen LogP) is 2.92. The van der Waals surface area contributed by atoms with E-state index in [9.17, 15) is 8.42 Å². The van der Waals surface area contributed by atoms with Crippen LogP contribution in [-0.4, -0.2) is 53.0 Å². The highest BCUT2D eigenvalue weighted by molar-refractivity contribution is 14.0. The van der Waals surface area contributed by atoms with Crippen molar-refractivity contribution in [3.8, 4) is 5.75 Å². The zero-order valence-electron chi connectivity index (χ0n) is 17.1. The molecule has 162 valence electrons. The molecule has 2 N–H and O–H groups in total. The molecule has 0 atom stereocenters. The van der Waals surface area contributed by atoms with Gasteiger partial charge < -0.3 is 15.4 Å². The second-order valence-electron chi connectivity index (χ2n) is 6.23. The Morgan fingerprint density at radius 2 is 1.83 bits per heavy atom. The van der Waals surface area contributed by atoms with Crippen LogP contribution in [0.4, 0.5) is 0 Å². The van der Waals surface area contributed by atoms with Crippen molar-refractivity contribution in [2.45, 2.75) is 24.1 Å². The number of methoxy groups -OCH3 is 1. The van der Waals surface area contributed by atoms with E-state index < -0.39 is 10.0 Å². The predicted molar refractivity (Wildman–Crippen MR) is 130 cm³/mol. The molecule has 2 aromatic rings. The van der Waals surface area contributed by atoms with Crippen molar-refractivity contribution in [2.24, 2.45) is 4.99 Å². The van der Waals surface area contributed by atoms with E-state index in [1.807, 2.05) is 37.3 Å². The molecule has 2 rings (SSSR count). The van der Waals surface area contributed by atoms with Gasteiger partial charge in [-0.05, 0) is 43.2 Å². The molecule has 0 aliphatic carbocycles. The summed E-state index contributed by atoms with van der Waals surface area (Å²) in [5, 5.41) is 6.52. The maximum absolute atomic E-state index is 12.2. The average molecular weight is 553 g/mol. The van der Waals surface area contributed by atoms with E-state index >= 15 is 0 Å². The molecule has 0 saturated heterocycles. The van der Waals surface area contributed by atoms with Crippen LogP contribution in [0.5, 0.6) is 5.75 Å². The van der Waals surface area contributed by atoms with Gasteiger partial charge in [-0.15, -0.1) is 35.3 Å². The Labute approximate surface area is 194 Å². The Morgan fingerprint density at radius 3 is 2.41 bits per heavy atom. The molecule has 1 aromatic heterocycles. The average Bonchev–Trinajstić information content (AvgIpc) is 3.16. The fraction of sp³-hybridized carbons (Fsp3) is 0.421. The first-order valence-electron chi connectivity index (χ1n) is 9.03. The minimum absolute atomic E-state index is 0. The van der Waals surface area contributed by atoms with E-state index in [2.05, 4.69) is 15.6 Å². The van der Waals surface area contributed by atoms with Crippen LogP contribution in [0.3, 0.4) is 0 Å². The number of halogens is 1. The van der Waals surface area contributed by atoms with Crippen molar-refractivity contribution in [1.29, 1.82) is 0 Å². The molecule has 10 heteroatoms. The fourth-order valence-electron chi connectivity index (χ4n) is 2.38. The molecule has 1 aromatic carbocycles. The van der Waals surface area contributed by atoms with Crippen LogP contribution in [0.15, 0.2) is 45.6 Å². The molecule has 0 bridgehead atoms. The largest absolute Gasteiger partial charge is 0.497 e. The van der Waals surface area contributed by atoms with E-state index in [1.165, 1.54) is 35.3 Å². The maximum Gasteiger partial charge on any atom is 0.252 e. The number of thiophene rings is 1. The summed E-state index contributed by atoms with van der Waals surface area (Å²) in [6.07, 6.45) is 0.860. The van der Waals surface area contributed by atoms with Gasteiger partial charge in [0.25, 0.3) is 10.0 Å². The first kappa shape index (κ1) is 25.7. The molecule has 0 unspecified atom stereocenters. The van der Waals surface area contributed by atoms with Crippen molar-refractivity contribution in [2.75, 3.05) is 34.3 Å². The lowest BCUT2D eigenvalue weighted by Crippen LogP contribution is -2.38. The summed E-state index contributed by atoms with van der Waals surface area (Å²) in [5.74, 6) is 1.56. The van der Waals surface area contributed by atoms with Gasteiger partial charge in [0.2, 0.25) is 0 Å². The lowest BCUT2D eigenvalue weighted by atomic mass is 10.1. The highest BCUT2D eigenvalue weighted by atomic mass is 127. The SMILES string of the molecule is CCNC(=NCc1ccc(S(=O)(=O)N(C)C)s1)NCCc1ccc(OC)cc1.I. The maximum atomic E-state index is 12.2. The lowest BCUT2D eigenvalue weighted by molar-refractivity contribution is 0.414. The summed E-state index contributed by atoms with van der Waals surface area (Å²) in [5.41, 5.74) is 1.21. The highest BCUT2D eigenvalue weighted by Crippen LogP contribution is 2.24. The third kappa shape index (κ3) is 7.76. The van der Waals surface area contributed by atoms with Crippen LogP contribution in [0.1, 0.15) is 17.4 Å². The van der Waals surface area contributed by atoms with Gasteiger partial charge in [0, 0.05) is 32.1 Å². The van der Waals surface area contributed by atoms with E-state index in [0.717, 1.165) is 30.1 Å². The van der Waals surface area contributed by atoms with Crippen LogP contribution < -0.4 is 15.4 Å². The van der Waals surface area contributed by atoms with Crippen molar-refractivity contribution in [3.63, 3.8) is 0 Å². The van der Waals surface area contributed by atoms with Crippen LogP contribution in [0.2, 0.25) is 0 Å². The molecule has 0 amide bonds. The minimum atomic E-state index is -3.39. The summed E-state index contributed by atoms with van der Waals surface area (Å²) < 4.78 is 31.1. The number of benzene rings is 1. The van der Waals surface area contributed by atoms with Gasteiger partial charge in [-0.25, -0.2) is 17.7 Å². The second-order valence-corrected chi connectivity index (χ2v) is 9.78. The van der Waals surface area contributed by atoms with Crippen molar-refractivity contribution in [1.82, 2.24) is 14.9 Å². The summed E-state index contributed by atoms with van der Waals surface area (Å²) in [6, 6.07) is 11.4. The van der Waals surface area contributed by atoms with Gasteiger partial charge >= 0.3 is 0 Å². The summed E-state index contributed by atoms with van der Waals surface area (Å²) in [4.78, 5) is 5.46. The molecule has 1 heterocycles. The number of hydrogen-bond donors (Lipinski definition) is 2. The van der Waals surface area contributed by atoms with Crippen molar-refractivity contribution < 1.29 is 13.2 Å². The lowest BCUT2D eigenvalue weighted by Gasteiger charge is -2.11. The third-order valence-corrected chi connectivity index (χ3v) is 7.33. The molecule has 0 radical (unpaired) electrons. The molecule has 0 aliphatic heterocycles. The fourth-order valence-corrected chi connectivity index (χ4v) is 4.83. The molecular weight excluding hydrogens is 523 g/mol. The molecule has 0 spiro atoms. The molecule has 0 fully saturated rings. The van der Waals surface area contributed by atoms with Gasteiger partial charge in [0.05, 0.1) is 13.7 Å². The number of ether oxygens (including phenoxy) is 1. The molecule has 29 heavy (non-hydrogen) atoms. The van der Waals surface area contributed by atoms with Crippen LogP contribution in [-0.2, 0) is 23.0 Å². The normalized spacial score (nSPS) is 11.8. The first-order valence-corrected chi connectivity index (χ1v) is 11.3. The quantitative estimate of drug-likeness (QED) is 0.284. The number of rotatable bonds is 9. The smallest absolute Gasteiger partial charge is 0.252 e. The van der Waals surface area contributed by atoms with Crippen LogP contribution in [0.25, 0.3) is 0 Å². The number of nitrogens with zero attached hydrogens (tertiary/aromatic N) is 2. The van der Waals surface area contributed by atoms with Gasteiger partial charge in [-0.3, -0.25) is 0 Å².